The number of phenolic OH excluding ortho intramolecular Hbond substituents is 1. The standard InChI is InChI=1S/C12H14FNO/c1-12(2,13)8-7-14(3)9-5-4-6-10(15)11(8)9/h4-7,15H,1-3H3. The molecule has 0 aliphatic carbocycles. The highest BCUT2D eigenvalue weighted by atomic mass is 19.1. The first-order valence-corrected chi connectivity index (χ1v) is 4.87. The molecule has 1 N–H and O–H groups in total. The Morgan fingerprint density at radius 1 is 1.33 bits per heavy atom. The summed E-state index contributed by atoms with van der Waals surface area (Å²) in [6.45, 7) is 2.99. The molecule has 2 nitrogen and oxygen atoms in total. The minimum atomic E-state index is -1.45. The molecule has 0 unspecified atom stereocenters. The second-order valence-corrected chi connectivity index (χ2v) is 4.30. The Balaban J connectivity index is 2.88. The molecule has 0 fully saturated rings. The second kappa shape index (κ2) is 2.99. The van der Waals surface area contributed by atoms with E-state index in [4.69, 9.17) is 0 Å². The molecule has 80 valence electrons. The molecule has 3 heteroatoms. The fraction of sp³-hybridized carbons (Fsp3) is 0.333. The Morgan fingerprint density at radius 2 is 2.00 bits per heavy atom. The minimum Gasteiger partial charge on any atom is -0.507 e. The average Bonchev–Trinajstić information content (AvgIpc) is 2.45. The van der Waals surface area contributed by atoms with E-state index in [2.05, 4.69) is 0 Å². The second-order valence-electron chi connectivity index (χ2n) is 4.30. The molecule has 1 aromatic carbocycles. The van der Waals surface area contributed by atoms with Crippen molar-refractivity contribution in [2.75, 3.05) is 0 Å². The van der Waals surface area contributed by atoms with Gasteiger partial charge in [-0.25, -0.2) is 4.39 Å². The van der Waals surface area contributed by atoms with Crippen LogP contribution in [0.3, 0.4) is 0 Å². The van der Waals surface area contributed by atoms with E-state index in [-0.39, 0.29) is 5.75 Å². The average molecular weight is 207 g/mol. The zero-order valence-electron chi connectivity index (χ0n) is 9.08. The molecule has 0 saturated heterocycles. The SMILES string of the molecule is Cn1cc(C(C)(C)F)c2c(O)cccc21. The van der Waals surface area contributed by atoms with E-state index < -0.39 is 5.67 Å². The molecule has 0 aliphatic rings. The number of hydrogen-bond acceptors (Lipinski definition) is 1. The Hall–Kier alpha value is -1.51. The summed E-state index contributed by atoms with van der Waals surface area (Å²) < 4.78 is 15.7. The van der Waals surface area contributed by atoms with Crippen molar-refractivity contribution in [2.45, 2.75) is 19.5 Å². The highest BCUT2D eigenvalue weighted by Crippen LogP contribution is 2.37. The molecular weight excluding hydrogens is 193 g/mol. The number of nitrogens with zero attached hydrogens (tertiary/aromatic N) is 1. The van der Waals surface area contributed by atoms with Crippen LogP contribution in [-0.2, 0) is 12.7 Å². The molecule has 0 amide bonds. The molecular formula is C12H14FNO. The maximum absolute atomic E-state index is 13.9. The minimum absolute atomic E-state index is 0.133. The Kier molecular flexibility index (Phi) is 2.00. The van der Waals surface area contributed by atoms with Gasteiger partial charge in [0.05, 0.1) is 5.52 Å². The summed E-state index contributed by atoms with van der Waals surface area (Å²) in [4.78, 5) is 0. The van der Waals surface area contributed by atoms with Crippen molar-refractivity contribution < 1.29 is 9.50 Å². The molecule has 0 atom stereocenters. The van der Waals surface area contributed by atoms with Crippen molar-refractivity contribution >= 4 is 10.9 Å². The fourth-order valence-corrected chi connectivity index (χ4v) is 1.88. The lowest BCUT2D eigenvalue weighted by atomic mass is 9.99. The quantitative estimate of drug-likeness (QED) is 0.763. The highest BCUT2D eigenvalue weighted by Gasteiger charge is 2.25. The van der Waals surface area contributed by atoms with Gasteiger partial charge >= 0.3 is 0 Å². The summed E-state index contributed by atoms with van der Waals surface area (Å²) in [5, 5.41) is 10.4. The van der Waals surface area contributed by atoms with Gasteiger partial charge in [-0.2, -0.15) is 0 Å². The number of aryl methyl sites for hydroxylation is 1. The van der Waals surface area contributed by atoms with Crippen LogP contribution in [0.1, 0.15) is 19.4 Å². The van der Waals surface area contributed by atoms with Gasteiger partial charge < -0.3 is 9.67 Å². The van der Waals surface area contributed by atoms with Crippen molar-refractivity contribution in [3.8, 4) is 5.75 Å². The van der Waals surface area contributed by atoms with E-state index >= 15 is 0 Å². The molecule has 2 aromatic rings. The van der Waals surface area contributed by atoms with E-state index in [1.807, 2.05) is 17.7 Å². The van der Waals surface area contributed by atoms with Crippen LogP contribution in [-0.4, -0.2) is 9.67 Å². The third-order valence-corrected chi connectivity index (χ3v) is 2.63. The lowest BCUT2D eigenvalue weighted by Crippen LogP contribution is -2.07. The summed E-state index contributed by atoms with van der Waals surface area (Å²) >= 11 is 0. The van der Waals surface area contributed by atoms with Crippen LogP contribution in [0.2, 0.25) is 0 Å². The van der Waals surface area contributed by atoms with Crippen LogP contribution in [0, 0.1) is 0 Å². The number of aromatic nitrogens is 1. The first-order chi connectivity index (χ1) is 6.91. The zero-order valence-corrected chi connectivity index (χ0v) is 9.08. The number of hydrogen-bond donors (Lipinski definition) is 1. The topological polar surface area (TPSA) is 25.2 Å². The summed E-state index contributed by atoms with van der Waals surface area (Å²) in [7, 11) is 1.84. The number of fused-ring (bicyclic) bond motifs is 1. The van der Waals surface area contributed by atoms with E-state index in [0.717, 1.165) is 5.52 Å². The molecule has 15 heavy (non-hydrogen) atoms. The first kappa shape index (κ1) is 10.0. The summed E-state index contributed by atoms with van der Waals surface area (Å²) in [5.74, 6) is 0.133. The van der Waals surface area contributed by atoms with E-state index in [0.29, 0.717) is 10.9 Å². The van der Waals surface area contributed by atoms with Crippen LogP contribution in [0.15, 0.2) is 24.4 Å². The fourth-order valence-electron chi connectivity index (χ4n) is 1.88. The first-order valence-electron chi connectivity index (χ1n) is 4.87. The number of halogens is 1. The monoisotopic (exact) mass is 207 g/mol. The smallest absolute Gasteiger partial charge is 0.132 e. The maximum atomic E-state index is 13.9. The van der Waals surface area contributed by atoms with Gasteiger partial charge in [-0.1, -0.05) is 6.07 Å². The summed E-state index contributed by atoms with van der Waals surface area (Å²) in [6, 6.07) is 5.20. The van der Waals surface area contributed by atoms with Gasteiger partial charge in [0.2, 0.25) is 0 Å². The third kappa shape index (κ3) is 1.48. The van der Waals surface area contributed by atoms with Gasteiger partial charge in [0, 0.05) is 24.2 Å². The number of rotatable bonds is 1. The molecule has 2 rings (SSSR count). The molecule has 0 aliphatic heterocycles. The van der Waals surface area contributed by atoms with Crippen molar-refractivity contribution in [3.63, 3.8) is 0 Å². The molecule has 1 aromatic heterocycles. The van der Waals surface area contributed by atoms with Crippen LogP contribution in [0.4, 0.5) is 4.39 Å². The van der Waals surface area contributed by atoms with Crippen molar-refractivity contribution in [2.24, 2.45) is 7.05 Å². The van der Waals surface area contributed by atoms with Crippen molar-refractivity contribution in [1.82, 2.24) is 4.57 Å². The Bertz CT molecular complexity index is 508. The predicted molar refractivity (Wildman–Crippen MR) is 58.7 cm³/mol. The third-order valence-electron chi connectivity index (χ3n) is 2.63. The summed E-state index contributed by atoms with van der Waals surface area (Å²) in [5.41, 5.74) is -0.0768. The Labute approximate surface area is 88.0 Å². The molecule has 0 radical (unpaired) electrons. The van der Waals surface area contributed by atoms with E-state index in [9.17, 15) is 9.50 Å². The summed E-state index contributed by atoms with van der Waals surface area (Å²) in [6.07, 6.45) is 1.73. The van der Waals surface area contributed by atoms with Gasteiger partial charge in [-0.15, -0.1) is 0 Å². The molecule has 0 saturated carbocycles. The van der Waals surface area contributed by atoms with Gasteiger partial charge in [0.25, 0.3) is 0 Å². The van der Waals surface area contributed by atoms with Crippen LogP contribution >= 0.6 is 0 Å². The normalized spacial score (nSPS) is 12.3. The number of aromatic hydroxyl groups is 1. The molecule has 1 heterocycles. The van der Waals surface area contributed by atoms with Crippen molar-refractivity contribution in [1.29, 1.82) is 0 Å². The van der Waals surface area contributed by atoms with Crippen LogP contribution in [0.5, 0.6) is 5.75 Å². The predicted octanol–water partition coefficient (Wildman–Crippen LogP) is 3.09. The van der Waals surface area contributed by atoms with E-state index in [1.165, 1.54) is 13.8 Å². The largest absolute Gasteiger partial charge is 0.507 e. The number of phenols is 1. The molecule has 0 bridgehead atoms. The van der Waals surface area contributed by atoms with Gasteiger partial charge in [-0.05, 0) is 26.0 Å². The maximum Gasteiger partial charge on any atom is 0.132 e. The van der Waals surface area contributed by atoms with Crippen LogP contribution < -0.4 is 0 Å². The highest BCUT2D eigenvalue weighted by molar-refractivity contribution is 5.90. The zero-order chi connectivity index (χ0) is 11.2. The van der Waals surface area contributed by atoms with Gasteiger partial charge in [-0.3, -0.25) is 0 Å². The van der Waals surface area contributed by atoms with Crippen LogP contribution in [0.25, 0.3) is 10.9 Å². The lowest BCUT2D eigenvalue weighted by Gasteiger charge is -2.13. The Morgan fingerprint density at radius 3 is 2.60 bits per heavy atom. The van der Waals surface area contributed by atoms with Crippen molar-refractivity contribution in [3.05, 3.63) is 30.0 Å². The number of benzene rings is 1. The lowest BCUT2D eigenvalue weighted by molar-refractivity contribution is 0.223. The number of alkyl halides is 1. The molecule has 0 spiro atoms. The van der Waals surface area contributed by atoms with Gasteiger partial charge in [0.15, 0.2) is 0 Å². The van der Waals surface area contributed by atoms with Gasteiger partial charge in [0.1, 0.15) is 11.4 Å². The van der Waals surface area contributed by atoms with E-state index in [1.54, 1.807) is 18.3 Å².